The minimum Gasteiger partial charge on any atom is -0.348 e. The van der Waals surface area contributed by atoms with Crippen molar-refractivity contribution in [3.8, 4) is 0 Å². The molecule has 0 bridgehead atoms. The second-order valence-electron chi connectivity index (χ2n) is 7.49. The number of hydrogen-bond acceptors (Lipinski definition) is 4. The highest BCUT2D eigenvalue weighted by Gasteiger charge is 2.34. The van der Waals surface area contributed by atoms with Crippen LogP contribution < -0.4 is 5.32 Å². The molecule has 1 fully saturated rings. The van der Waals surface area contributed by atoms with Gasteiger partial charge in [0.25, 0.3) is 15.9 Å². The molecule has 1 N–H and O–H groups in total. The van der Waals surface area contributed by atoms with E-state index in [0.717, 1.165) is 25.0 Å². The molecule has 11 heteroatoms. The van der Waals surface area contributed by atoms with Crippen LogP contribution in [0.3, 0.4) is 0 Å². The second kappa shape index (κ2) is 8.38. The number of carbonyl (C=O) groups is 1. The number of aryl methyl sites for hydroxylation is 1. The number of amides is 1. The van der Waals surface area contributed by atoms with Gasteiger partial charge in [0.05, 0.1) is 11.1 Å². The first-order chi connectivity index (χ1) is 14.0. The zero-order valence-corrected chi connectivity index (χ0v) is 17.4. The molecule has 0 unspecified atom stereocenters. The van der Waals surface area contributed by atoms with Gasteiger partial charge in [-0.2, -0.15) is 22.6 Å². The van der Waals surface area contributed by atoms with Gasteiger partial charge in [0.15, 0.2) is 0 Å². The Morgan fingerprint density at radius 2 is 1.80 bits per heavy atom. The van der Waals surface area contributed by atoms with E-state index in [4.69, 9.17) is 0 Å². The van der Waals surface area contributed by atoms with E-state index >= 15 is 0 Å². The lowest BCUT2D eigenvalue weighted by Gasteiger charge is -2.28. The Hall–Kier alpha value is -2.40. The summed E-state index contributed by atoms with van der Waals surface area (Å²) in [5, 5.41) is 6.23. The summed E-state index contributed by atoms with van der Waals surface area (Å²) in [6, 6.07) is 4.38. The van der Waals surface area contributed by atoms with Gasteiger partial charge in [0.2, 0.25) is 5.03 Å². The first-order valence-electron chi connectivity index (χ1n) is 9.46. The van der Waals surface area contributed by atoms with Crippen molar-refractivity contribution in [1.82, 2.24) is 19.4 Å². The molecule has 3 rings (SSSR count). The zero-order valence-electron chi connectivity index (χ0n) is 16.6. The molecule has 0 radical (unpaired) electrons. The van der Waals surface area contributed by atoms with Crippen LogP contribution in [0, 0.1) is 5.92 Å². The molecule has 30 heavy (non-hydrogen) atoms. The summed E-state index contributed by atoms with van der Waals surface area (Å²) in [6.07, 6.45) is -1.64. The van der Waals surface area contributed by atoms with E-state index in [1.54, 1.807) is 0 Å². The molecule has 0 aliphatic carbocycles. The standard InChI is InChI=1S/C19H23F3N4O3S/c1-13-7-9-26(10-8-13)30(28,29)18-16(12-25(2)24-18)17(27)23-11-14-3-5-15(6-4-14)19(20,21)22/h3-6,12-13H,7-11H2,1-2H3,(H,23,27). The molecule has 1 aromatic heterocycles. The molecule has 164 valence electrons. The molecule has 2 heterocycles. The first-order valence-corrected chi connectivity index (χ1v) is 10.9. The quantitative estimate of drug-likeness (QED) is 0.769. The summed E-state index contributed by atoms with van der Waals surface area (Å²) in [6.45, 7) is 2.75. The fourth-order valence-electron chi connectivity index (χ4n) is 3.25. The third-order valence-electron chi connectivity index (χ3n) is 5.10. The van der Waals surface area contributed by atoms with Crippen LogP contribution >= 0.6 is 0 Å². The van der Waals surface area contributed by atoms with E-state index < -0.39 is 27.7 Å². The molecule has 1 aliphatic heterocycles. The maximum absolute atomic E-state index is 13.0. The van der Waals surface area contributed by atoms with Crippen molar-refractivity contribution in [2.45, 2.75) is 37.5 Å². The predicted octanol–water partition coefficient (Wildman–Crippen LogP) is 2.79. The van der Waals surface area contributed by atoms with Gasteiger partial charge in [0.1, 0.15) is 0 Å². The lowest BCUT2D eigenvalue weighted by Crippen LogP contribution is -2.39. The number of rotatable bonds is 5. The van der Waals surface area contributed by atoms with Gasteiger partial charge >= 0.3 is 6.18 Å². The van der Waals surface area contributed by atoms with Crippen molar-refractivity contribution < 1.29 is 26.4 Å². The second-order valence-corrected chi connectivity index (χ2v) is 9.34. The van der Waals surface area contributed by atoms with E-state index in [9.17, 15) is 26.4 Å². The molecule has 1 amide bonds. The van der Waals surface area contributed by atoms with Crippen LogP contribution in [0.15, 0.2) is 35.5 Å². The highest BCUT2D eigenvalue weighted by atomic mass is 32.2. The van der Waals surface area contributed by atoms with E-state index in [2.05, 4.69) is 17.3 Å². The average molecular weight is 444 g/mol. The van der Waals surface area contributed by atoms with Gasteiger partial charge < -0.3 is 5.32 Å². The van der Waals surface area contributed by atoms with Gasteiger partial charge in [-0.25, -0.2) is 8.42 Å². The average Bonchev–Trinajstić information content (AvgIpc) is 3.09. The topological polar surface area (TPSA) is 84.3 Å². The summed E-state index contributed by atoms with van der Waals surface area (Å²) in [7, 11) is -2.41. The van der Waals surface area contributed by atoms with Crippen LogP contribution in [-0.2, 0) is 29.8 Å². The van der Waals surface area contributed by atoms with Crippen LogP contribution in [0.2, 0.25) is 0 Å². The lowest BCUT2D eigenvalue weighted by atomic mass is 10.0. The maximum atomic E-state index is 13.0. The highest BCUT2D eigenvalue weighted by Crippen LogP contribution is 2.29. The summed E-state index contributed by atoms with van der Waals surface area (Å²) in [4.78, 5) is 12.6. The number of aromatic nitrogens is 2. The van der Waals surface area contributed by atoms with Gasteiger partial charge in [0, 0.05) is 32.9 Å². The van der Waals surface area contributed by atoms with E-state index in [-0.39, 0.29) is 17.1 Å². The van der Waals surface area contributed by atoms with Gasteiger partial charge in [-0.1, -0.05) is 19.1 Å². The molecule has 1 saturated heterocycles. The third-order valence-corrected chi connectivity index (χ3v) is 6.94. The molecule has 7 nitrogen and oxygen atoms in total. The van der Waals surface area contributed by atoms with E-state index in [1.807, 2.05) is 0 Å². The Labute approximate surface area is 172 Å². The Bertz CT molecular complexity index is 1010. The Balaban J connectivity index is 1.74. The lowest BCUT2D eigenvalue weighted by molar-refractivity contribution is -0.137. The largest absolute Gasteiger partial charge is 0.416 e. The number of sulfonamides is 1. The van der Waals surface area contributed by atoms with Crippen LogP contribution in [-0.4, -0.2) is 41.5 Å². The molecule has 1 aliphatic rings. The molecule has 0 spiro atoms. The van der Waals surface area contributed by atoms with Crippen molar-refractivity contribution in [3.63, 3.8) is 0 Å². The number of nitrogens with one attached hydrogen (secondary N) is 1. The minimum absolute atomic E-state index is 0.0490. The molecule has 0 saturated carbocycles. The molecular formula is C19H23F3N4O3S. The van der Waals surface area contributed by atoms with Crippen molar-refractivity contribution >= 4 is 15.9 Å². The SMILES string of the molecule is CC1CCN(S(=O)(=O)c2nn(C)cc2C(=O)NCc2ccc(C(F)(F)F)cc2)CC1. The van der Waals surface area contributed by atoms with Crippen molar-refractivity contribution in [2.75, 3.05) is 13.1 Å². The number of halogens is 3. The van der Waals surface area contributed by atoms with E-state index in [0.29, 0.717) is 24.6 Å². The van der Waals surface area contributed by atoms with Crippen LogP contribution in [0.1, 0.15) is 41.3 Å². The fourth-order valence-corrected chi connectivity index (χ4v) is 4.84. The van der Waals surface area contributed by atoms with E-state index in [1.165, 1.54) is 34.4 Å². The molecule has 0 atom stereocenters. The maximum Gasteiger partial charge on any atom is 0.416 e. The molecule has 2 aromatic rings. The number of benzene rings is 1. The zero-order chi connectivity index (χ0) is 22.1. The predicted molar refractivity (Wildman–Crippen MR) is 103 cm³/mol. The number of hydrogen-bond donors (Lipinski definition) is 1. The fraction of sp³-hybridized carbons (Fsp3) is 0.474. The first kappa shape index (κ1) is 22.3. The van der Waals surface area contributed by atoms with Crippen LogP contribution in [0.4, 0.5) is 13.2 Å². The molecular weight excluding hydrogens is 421 g/mol. The summed E-state index contributed by atoms with van der Waals surface area (Å²) >= 11 is 0. The minimum atomic E-state index is -4.44. The van der Waals surface area contributed by atoms with Crippen molar-refractivity contribution in [3.05, 3.63) is 47.2 Å². The van der Waals surface area contributed by atoms with Crippen molar-refractivity contribution in [1.29, 1.82) is 0 Å². The third kappa shape index (κ3) is 4.84. The monoisotopic (exact) mass is 444 g/mol. The number of alkyl halides is 3. The number of carbonyl (C=O) groups excluding carboxylic acids is 1. The van der Waals surface area contributed by atoms with Gasteiger partial charge in [-0.3, -0.25) is 9.48 Å². The van der Waals surface area contributed by atoms with Crippen molar-refractivity contribution in [2.24, 2.45) is 13.0 Å². The summed E-state index contributed by atoms with van der Waals surface area (Å²) < 4.78 is 66.5. The molecule has 1 aromatic carbocycles. The Morgan fingerprint density at radius 1 is 1.20 bits per heavy atom. The highest BCUT2D eigenvalue weighted by molar-refractivity contribution is 7.89. The summed E-state index contributed by atoms with van der Waals surface area (Å²) in [5.41, 5.74) is -0.424. The summed E-state index contributed by atoms with van der Waals surface area (Å²) in [5.74, 6) is -0.223. The Morgan fingerprint density at radius 3 is 2.37 bits per heavy atom. The number of nitrogens with zero attached hydrogens (tertiary/aromatic N) is 3. The number of piperidine rings is 1. The Kier molecular flexibility index (Phi) is 6.23. The van der Waals surface area contributed by atoms with Crippen LogP contribution in [0.5, 0.6) is 0 Å². The van der Waals surface area contributed by atoms with Gasteiger partial charge in [-0.05, 0) is 36.5 Å². The normalized spacial score (nSPS) is 16.6. The smallest absolute Gasteiger partial charge is 0.348 e. The van der Waals surface area contributed by atoms with Gasteiger partial charge in [-0.15, -0.1) is 0 Å². The van der Waals surface area contributed by atoms with Crippen LogP contribution in [0.25, 0.3) is 0 Å².